The first-order valence-electron chi connectivity index (χ1n) is 8.95. The molecule has 0 saturated carbocycles. The van der Waals surface area contributed by atoms with Crippen molar-refractivity contribution in [3.8, 4) is 5.75 Å². The van der Waals surface area contributed by atoms with Gasteiger partial charge in [0, 0.05) is 6.08 Å². The smallest absolute Gasteiger partial charge is 0.330 e. The quantitative estimate of drug-likeness (QED) is 0.392. The third kappa shape index (κ3) is 5.84. The lowest BCUT2D eigenvalue weighted by Crippen LogP contribution is -2.27. The molecule has 2 aromatic carbocycles. The molecule has 0 saturated heterocycles. The minimum atomic E-state index is -0.524. The van der Waals surface area contributed by atoms with Crippen LogP contribution in [-0.4, -0.2) is 32.3 Å². The predicted octanol–water partition coefficient (Wildman–Crippen LogP) is 4.38. The summed E-state index contributed by atoms with van der Waals surface area (Å²) < 4.78 is 15.4. The molecule has 0 spiro atoms. The minimum absolute atomic E-state index is 0.0340. The molecular weight excluding hydrogens is 344 g/mol. The summed E-state index contributed by atoms with van der Waals surface area (Å²) in [5, 5.41) is 2.11. The Bertz CT molecular complexity index is 836. The molecule has 0 atom stereocenters. The van der Waals surface area contributed by atoms with E-state index in [9.17, 15) is 9.59 Å². The van der Waals surface area contributed by atoms with Gasteiger partial charge in [0.1, 0.15) is 19.0 Å². The Labute approximate surface area is 159 Å². The number of carbonyl (C=O) groups is 2. The fraction of sp³-hybridized carbons (Fsp3) is 0.364. The molecule has 0 N–H and O–H groups in total. The Morgan fingerprint density at radius 3 is 2.37 bits per heavy atom. The summed E-state index contributed by atoms with van der Waals surface area (Å²) in [7, 11) is 1.63. The highest BCUT2D eigenvalue weighted by Crippen LogP contribution is 2.22. The molecule has 0 amide bonds. The van der Waals surface area contributed by atoms with Crippen LogP contribution in [-0.2, 0) is 19.1 Å². The van der Waals surface area contributed by atoms with Crippen LogP contribution in [0.5, 0.6) is 5.75 Å². The molecule has 0 heterocycles. The number of benzene rings is 2. The van der Waals surface area contributed by atoms with Crippen LogP contribution in [0.1, 0.15) is 32.8 Å². The van der Waals surface area contributed by atoms with Gasteiger partial charge in [0.25, 0.3) is 0 Å². The molecule has 0 aliphatic rings. The lowest BCUT2D eigenvalue weighted by molar-refractivity contribution is -0.157. The van der Waals surface area contributed by atoms with Crippen LogP contribution in [0.4, 0.5) is 0 Å². The van der Waals surface area contributed by atoms with Crippen molar-refractivity contribution in [2.45, 2.75) is 27.2 Å². The van der Waals surface area contributed by atoms with Crippen LogP contribution in [0.3, 0.4) is 0 Å². The Morgan fingerprint density at radius 2 is 1.67 bits per heavy atom. The maximum Gasteiger partial charge on any atom is 0.330 e. The van der Waals surface area contributed by atoms with Crippen molar-refractivity contribution in [2.24, 2.45) is 5.41 Å². The number of fused-ring (bicyclic) bond motifs is 1. The highest BCUT2D eigenvalue weighted by molar-refractivity contribution is 5.90. The van der Waals surface area contributed by atoms with E-state index in [4.69, 9.17) is 14.2 Å². The van der Waals surface area contributed by atoms with Crippen molar-refractivity contribution in [2.75, 3.05) is 20.3 Å². The topological polar surface area (TPSA) is 61.8 Å². The molecule has 0 aliphatic carbocycles. The SMILES string of the molecule is CCC(C)(C)C(=O)OCCOC(=O)/C=C/c1ccc2cc(OC)ccc2c1. The largest absolute Gasteiger partial charge is 0.497 e. The number of esters is 2. The zero-order valence-corrected chi connectivity index (χ0v) is 16.3. The fourth-order valence-electron chi connectivity index (χ4n) is 2.30. The summed E-state index contributed by atoms with van der Waals surface area (Å²) in [6.07, 6.45) is 3.74. The maximum atomic E-state index is 11.8. The first-order valence-corrected chi connectivity index (χ1v) is 8.95. The third-order valence-corrected chi connectivity index (χ3v) is 4.48. The van der Waals surface area contributed by atoms with Crippen LogP contribution in [0.25, 0.3) is 16.8 Å². The monoisotopic (exact) mass is 370 g/mol. The summed E-state index contributed by atoms with van der Waals surface area (Å²) in [4.78, 5) is 23.6. The van der Waals surface area contributed by atoms with Gasteiger partial charge in [-0.15, -0.1) is 0 Å². The first kappa shape index (κ1) is 20.5. The molecule has 0 aliphatic heterocycles. The molecule has 2 rings (SSSR count). The van der Waals surface area contributed by atoms with Gasteiger partial charge in [-0.2, -0.15) is 0 Å². The normalized spacial score (nSPS) is 11.6. The van der Waals surface area contributed by atoms with Crippen molar-refractivity contribution in [3.63, 3.8) is 0 Å². The van der Waals surface area contributed by atoms with Crippen LogP contribution in [0, 0.1) is 5.41 Å². The molecule has 2 aromatic rings. The van der Waals surface area contributed by atoms with E-state index in [-0.39, 0.29) is 19.2 Å². The van der Waals surface area contributed by atoms with Gasteiger partial charge in [0.2, 0.25) is 0 Å². The maximum absolute atomic E-state index is 11.8. The highest BCUT2D eigenvalue weighted by atomic mass is 16.6. The molecule has 27 heavy (non-hydrogen) atoms. The van der Waals surface area contributed by atoms with Crippen molar-refractivity contribution in [1.29, 1.82) is 0 Å². The molecule has 5 nitrogen and oxygen atoms in total. The van der Waals surface area contributed by atoms with Crippen molar-refractivity contribution < 1.29 is 23.8 Å². The van der Waals surface area contributed by atoms with E-state index in [1.54, 1.807) is 13.2 Å². The third-order valence-electron chi connectivity index (χ3n) is 4.48. The molecule has 0 aromatic heterocycles. The van der Waals surface area contributed by atoms with Gasteiger partial charge >= 0.3 is 11.9 Å². The fourth-order valence-corrected chi connectivity index (χ4v) is 2.30. The zero-order chi connectivity index (χ0) is 19.9. The van der Waals surface area contributed by atoms with E-state index in [1.807, 2.05) is 57.2 Å². The molecule has 0 radical (unpaired) electrons. The predicted molar refractivity (Wildman–Crippen MR) is 106 cm³/mol. The van der Waals surface area contributed by atoms with Crippen molar-refractivity contribution in [3.05, 3.63) is 48.0 Å². The number of methoxy groups -OCH3 is 1. The molecule has 5 heteroatoms. The van der Waals surface area contributed by atoms with Crippen LogP contribution >= 0.6 is 0 Å². The van der Waals surface area contributed by atoms with Gasteiger partial charge in [0.15, 0.2) is 0 Å². The number of ether oxygens (including phenoxy) is 3. The van der Waals surface area contributed by atoms with Crippen LogP contribution in [0.15, 0.2) is 42.5 Å². The van der Waals surface area contributed by atoms with Gasteiger partial charge in [-0.05, 0) is 60.9 Å². The van der Waals surface area contributed by atoms with E-state index in [0.29, 0.717) is 6.42 Å². The van der Waals surface area contributed by atoms with E-state index < -0.39 is 11.4 Å². The lowest BCUT2D eigenvalue weighted by atomic mass is 9.91. The summed E-state index contributed by atoms with van der Waals surface area (Å²) in [5.74, 6) is 0.0393. The average molecular weight is 370 g/mol. The van der Waals surface area contributed by atoms with Gasteiger partial charge in [-0.3, -0.25) is 4.79 Å². The molecule has 0 fully saturated rings. The summed E-state index contributed by atoms with van der Waals surface area (Å²) in [5.41, 5.74) is 0.366. The standard InChI is InChI=1S/C22H26O5/c1-5-22(2,3)21(24)27-13-12-26-20(23)11-7-16-6-8-18-15-19(25-4)10-9-17(18)14-16/h6-11,14-15H,5,12-13H2,1-4H3/b11-7+. The van der Waals surface area contributed by atoms with E-state index >= 15 is 0 Å². The van der Waals surface area contributed by atoms with E-state index in [0.717, 1.165) is 22.1 Å². The second kappa shape index (κ2) is 9.21. The lowest BCUT2D eigenvalue weighted by Gasteiger charge is -2.20. The molecular formula is C22H26O5. The van der Waals surface area contributed by atoms with Crippen LogP contribution < -0.4 is 4.74 Å². The first-order chi connectivity index (χ1) is 12.9. The summed E-state index contributed by atoms with van der Waals surface area (Å²) in [6.45, 7) is 5.66. The Kier molecular flexibility index (Phi) is 6.99. The second-order valence-electron chi connectivity index (χ2n) is 6.85. The Balaban J connectivity index is 1.84. The number of hydrogen-bond donors (Lipinski definition) is 0. The Hall–Kier alpha value is -2.82. The number of hydrogen-bond acceptors (Lipinski definition) is 5. The Morgan fingerprint density at radius 1 is 1.00 bits per heavy atom. The molecule has 144 valence electrons. The molecule has 0 bridgehead atoms. The zero-order valence-electron chi connectivity index (χ0n) is 16.3. The van der Waals surface area contributed by atoms with Gasteiger partial charge in [-0.25, -0.2) is 4.79 Å². The van der Waals surface area contributed by atoms with Gasteiger partial charge in [-0.1, -0.05) is 25.1 Å². The van der Waals surface area contributed by atoms with Gasteiger partial charge in [0.05, 0.1) is 12.5 Å². The summed E-state index contributed by atoms with van der Waals surface area (Å²) >= 11 is 0. The van der Waals surface area contributed by atoms with E-state index in [1.165, 1.54) is 6.08 Å². The average Bonchev–Trinajstić information content (AvgIpc) is 2.68. The molecule has 0 unspecified atom stereocenters. The highest BCUT2D eigenvalue weighted by Gasteiger charge is 2.26. The van der Waals surface area contributed by atoms with Gasteiger partial charge < -0.3 is 14.2 Å². The van der Waals surface area contributed by atoms with Crippen LogP contribution in [0.2, 0.25) is 0 Å². The number of rotatable bonds is 8. The minimum Gasteiger partial charge on any atom is -0.497 e. The number of carbonyl (C=O) groups excluding carboxylic acids is 2. The van der Waals surface area contributed by atoms with Crippen molar-refractivity contribution in [1.82, 2.24) is 0 Å². The van der Waals surface area contributed by atoms with Crippen molar-refractivity contribution >= 4 is 28.8 Å². The van der Waals surface area contributed by atoms with E-state index in [2.05, 4.69) is 0 Å². The summed E-state index contributed by atoms with van der Waals surface area (Å²) in [6, 6.07) is 11.7. The second-order valence-corrected chi connectivity index (χ2v) is 6.85.